The summed E-state index contributed by atoms with van der Waals surface area (Å²) in [5.41, 5.74) is 0.710. The Bertz CT molecular complexity index is 727. The lowest BCUT2D eigenvalue weighted by Crippen LogP contribution is -2.30. The predicted molar refractivity (Wildman–Crippen MR) is 76.5 cm³/mol. The Kier molecular flexibility index (Phi) is 4.46. The minimum absolute atomic E-state index is 0.0391. The first-order chi connectivity index (χ1) is 9.87. The van der Waals surface area contributed by atoms with Crippen LogP contribution in [0.2, 0.25) is 0 Å². The van der Waals surface area contributed by atoms with Crippen molar-refractivity contribution in [2.45, 2.75) is 24.5 Å². The predicted octanol–water partition coefficient (Wildman–Crippen LogP) is 2.03. The smallest absolute Gasteiger partial charge is 0.244 e. The molecule has 0 fully saturated rings. The van der Waals surface area contributed by atoms with Crippen molar-refractivity contribution in [3.8, 4) is 0 Å². The van der Waals surface area contributed by atoms with Gasteiger partial charge in [0.1, 0.15) is 5.82 Å². The number of halogens is 1. The zero-order valence-electron chi connectivity index (χ0n) is 11.7. The molecule has 1 atom stereocenters. The quantitative estimate of drug-likeness (QED) is 0.887. The molecule has 0 aliphatic heterocycles. The molecule has 0 amide bonds. The van der Waals surface area contributed by atoms with Crippen molar-refractivity contribution < 1.29 is 17.9 Å². The van der Waals surface area contributed by atoms with Gasteiger partial charge in [-0.1, -0.05) is 18.2 Å². The number of aromatic nitrogens is 1. The fraction of sp³-hybridized carbons (Fsp3) is 0.286. The molecule has 114 valence electrons. The van der Waals surface area contributed by atoms with Gasteiger partial charge >= 0.3 is 0 Å². The second kappa shape index (κ2) is 5.97. The molecule has 1 aromatic carbocycles. The van der Waals surface area contributed by atoms with Crippen molar-refractivity contribution in [1.82, 2.24) is 9.29 Å². The van der Waals surface area contributed by atoms with E-state index in [4.69, 9.17) is 5.11 Å². The van der Waals surface area contributed by atoms with Crippen molar-refractivity contribution in [3.05, 3.63) is 53.6 Å². The van der Waals surface area contributed by atoms with Crippen LogP contribution < -0.4 is 0 Å². The van der Waals surface area contributed by atoms with Gasteiger partial charge in [0, 0.05) is 30.5 Å². The Morgan fingerprint density at radius 3 is 2.62 bits per heavy atom. The number of nitrogens with one attached hydrogen (secondary N) is 1. The summed E-state index contributed by atoms with van der Waals surface area (Å²) in [6.07, 6.45) is 1.31. The molecule has 0 radical (unpaired) electrons. The highest BCUT2D eigenvalue weighted by Gasteiger charge is 2.28. The molecule has 5 nitrogen and oxygen atoms in total. The highest BCUT2D eigenvalue weighted by molar-refractivity contribution is 7.89. The minimum atomic E-state index is -3.77. The van der Waals surface area contributed by atoms with Crippen LogP contribution in [0, 0.1) is 5.82 Å². The van der Waals surface area contributed by atoms with E-state index in [2.05, 4.69) is 4.98 Å². The van der Waals surface area contributed by atoms with Gasteiger partial charge in [0.05, 0.1) is 11.5 Å². The molecular formula is C14H17FN2O3S. The number of aliphatic hydroxyl groups is 1. The summed E-state index contributed by atoms with van der Waals surface area (Å²) in [5, 5.41) is 8.99. The van der Waals surface area contributed by atoms with E-state index in [9.17, 15) is 12.8 Å². The van der Waals surface area contributed by atoms with Gasteiger partial charge in [-0.3, -0.25) is 0 Å². The Hall–Kier alpha value is -1.70. The van der Waals surface area contributed by atoms with E-state index in [1.165, 1.54) is 25.4 Å². The number of sulfonamides is 1. The zero-order valence-corrected chi connectivity index (χ0v) is 12.6. The van der Waals surface area contributed by atoms with Crippen molar-refractivity contribution in [2.75, 3.05) is 7.05 Å². The second-order valence-corrected chi connectivity index (χ2v) is 6.73. The highest BCUT2D eigenvalue weighted by atomic mass is 32.2. The average Bonchev–Trinajstić information content (AvgIpc) is 2.96. The van der Waals surface area contributed by atoms with Crippen LogP contribution in [0.4, 0.5) is 4.39 Å². The van der Waals surface area contributed by atoms with Gasteiger partial charge in [-0.05, 0) is 19.1 Å². The fourth-order valence-electron chi connectivity index (χ4n) is 2.04. The molecule has 0 saturated carbocycles. The van der Waals surface area contributed by atoms with E-state index in [0.29, 0.717) is 11.3 Å². The van der Waals surface area contributed by atoms with Crippen LogP contribution in [-0.2, 0) is 16.6 Å². The summed E-state index contributed by atoms with van der Waals surface area (Å²) >= 11 is 0. The standard InChI is InChI=1S/C14H17FN2O3S/c1-10(13-5-3-4-6-14(13)15)17(2)21(19,20)12-7-11(9-18)16-8-12/h3-8,10,16,18H,9H2,1-2H3. The fourth-order valence-corrected chi connectivity index (χ4v) is 3.40. The van der Waals surface area contributed by atoms with Gasteiger partial charge in [-0.25, -0.2) is 12.8 Å². The molecule has 0 aliphatic carbocycles. The molecule has 21 heavy (non-hydrogen) atoms. The maximum atomic E-state index is 13.8. The highest BCUT2D eigenvalue weighted by Crippen LogP contribution is 2.27. The van der Waals surface area contributed by atoms with E-state index in [-0.39, 0.29) is 11.5 Å². The molecule has 1 heterocycles. The SMILES string of the molecule is CC(c1ccccc1F)N(C)S(=O)(=O)c1c[nH]c(CO)c1. The van der Waals surface area contributed by atoms with E-state index in [1.54, 1.807) is 25.1 Å². The van der Waals surface area contributed by atoms with Crippen LogP contribution in [0.5, 0.6) is 0 Å². The summed E-state index contributed by atoms with van der Waals surface area (Å²) in [7, 11) is -2.37. The van der Waals surface area contributed by atoms with Crippen LogP contribution in [0.15, 0.2) is 41.4 Å². The van der Waals surface area contributed by atoms with E-state index in [1.807, 2.05) is 0 Å². The number of hydrogen-bond acceptors (Lipinski definition) is 3. The van der Waals surface area contributed by atoms with Crippen LogP contribution >= 0.6 is 0 Å². The van der Waals surface area contributed by atoms with Gasteiger partial charge < -0.3 is 10.1 Å². The summed E-state index contributed by atoms with van der Waals surface area (Å²) in [4.78, 5) is 2.72. The Morgan fingerprint density at radius 1 is 1.38 bits per heavy atom. The van der Waals surface area contributed by atoms with E-state index < -0.39 is 21.9 Å². The third-order valence-electron chi connectivity index (χ3n) is 3.46. The Morgan fingerprint density at radius 2 is 2.05 bits per heavy atom. The first-order valence-electron chi connectivity index (χ1n) is 6.38. The summed E-state index contributed by atoms with van der Waals surface area (Å²) in [6, 6.07) is 6.79. The van der Waals surface area contributed by atoms with Crippen LogP contribution in [-0.4, -0.2) is 29.9 Å². The third kappa shape index (κ3) is 2.99. The Labute approximate surface area is 123 Å². The molecule has 0 saturated heterocycles. The lowest BCUT2D eigenvalue weighted by molar-refractivity contribution is 0.277. The topological polar surface area (TPSA) is 73.4 Å². The second-order valence-electron chi connectivity index (χ2n) is 4.74. The molecule has 1 aromatic heterocycles. The molecule has 0 spiro atoms. The van der Waals surface area contributed by atoms with Crippen molar-refractivity contribution in [2.24, 2.45) is 0 Å². The summed E-state index contributed by atoms with van der Waals surface area (Å²) in [6.45, 7) is 1.34. The molecule has 1 unspecified atom stereocenters. The molecule has 2 N–H and O–H groups in total. The number of aromatic amines is 1. The average molecular weight is 312 g/mol. The van der Waals surface area contributed by atoms with Gasteiger partial charge in [0.15, 0.2) is 0 Å². The number of nitrogens with zero attached hydrogens (tertiary/aromatic N) is 1. The van der Waals surface area contributed by atoms with Gasteiger partial charge in [-0.15, -0.1) is 0 Å². The molecule has 2 rings (SSSR count). The maximum absolute atomic E-state index is 13.8. The monoisotopic (exact) mass is 312 g/mol. The third-order valence-corrected chi connectivity index (χ3v) is 5.37. The Balaban J connectivity index is 2.34. The molecular weight excluding hydrogens is 295 g/mol. The zero-order chi connectivity index (χ0) is 15.6. The summed E-state index contributed by atoms with van der Waals surface area (Å²) in [5.74, 6) is -0.447. The lowest BCUT2D eigenvalue weighted by Gasteiger charge is -2.24. The van der Waals surface area contributed by atoms with Crippen molar-refractivity contribution in [3.63, 3.8) is 0 Å². The summed E-state index contributed by atoms with van der Waals surface area (Å²) < 4.78 is 39.9. The normalized spacial score (nSPS) is 13.6. The van der Waals surface area contributed by atoms with E-state index >= 15 is 0 Å². The number of H-pyrrole nitrogens is 1. The number of aliphatic hydroxyl groups excluding tert-OH is 1. The largest absolute Gasteiger partial charge is 0.390 e. The van der Waals surface area contributed by atoms with Gasteiger partial charge in [0.2, 0.25) is 10.0 Å². The van der Waals surface area contributed by atoms with Gasteiger partial charge in [0.25, 0.3) is 0 Å². The molecule has 2 aromatic rings. The minimum Gasteiger partial charge on any atom is -0.390 e. The van der Waals surface area contributed by atoms with Crippen molar-refractivity contribution >= 4 is 10.0 Å². The molecule has 0 bridgehead atoms. The molecule has 0 aliphatic rings. The number of benzene rings is 1. The van der Waals surface area contributed by atoms with Crippen molar-refractivity contribution in [1.29, 1.82) is 0 Å². The van der Waals surface area contributed by atoms with Crippen LogP contribution in [0.1, 0.15) is 24.2 Å². The number of hydrogen-bond donors (Lipinski definition) is 2. The van der Waals surface area contributed by atoms with E-state index in [0.717, 1.165) is 4.31 Å². The van der Waals surface area contributed by atoms with Crippen LogP contribution in [0.25, 0.3) is 0 Å². The lowest BCUT2D eigenvalue weighted by atomic mass is 10.1. The first kappa shape index (κ1) is 15.7. The molecule has 7 heteroatoms. The number of rotatable bonds is 5. The van der Waals surface area contributed by atoms with Gasteiger partial charge in [-0.2, -0.15) is 4.31 Å². The maximum Gasteiger partial charge on any atom is 0.244 e. The first-order valence-corrected chi connectivity index (χ1v) is 7.82. The van der Waals surface area contributed by atoms with Crippen LogP contribution in [0.3, 0.4) is 0 Å².